The average Bonchev–Trinajstić information content (AvgIpc) is 2.48. The molecule has 0 radical (unpaired) electrons. The predicted molar refractivity (Wildman–Crippen MR) is 104 cm³/mol. The molecule has 148 valence electrons. The van der Waals surface area contributed by atoms with Gasteiger partial charge in [-0.15, -0.1) is 0 Å². The molecule has 0 bridgehead atoms. The Hall–Kier alpha value is -0.570. The van der Waals surface area contributed by atoms with E-state index in [1.54, 1.807) is 0 Å². The Morgan fingerprint density at radius 2 is 1.64 bits per heavy atom. The molecule has 25 heavy (non-hydrogen) atoms. The molecule has 1 fully saturated rings. The van der Waals surface area contributed by atoms with Crippen molar-refractivity contribution in [2.45, 2.75) is 106 Å². The van der Waals surface area contributed by atoms with E-state index in [-0.39, 0.29) is 22.7 Å². The Balaban J connectivity index is 2.34. The van der Waals surface area contributed by atoms with Gasteiger partial charge >= 0.3 is 5.97 Å². The Labute approximate surface area is 156 Å². The van der Waals surface area contributed by atoms with Gasteiger partial charge < -0.3 is 9.47 Å². The first-order valence-corrected chi connectivity index (χ1v) is 10.3. The van der Waals surface area contributed by atoms with Crippen molar-refractivity contribution in [1.29, 1.82) is 0 Å². The number of rotatable bonds is 8. The van der Waals surface area contributed by atoms with E-state index in [0.717, 1.165) is 18.8 Å². The first-order valence-electron chi connectivity index (χ1n) is 10.3. The average molecular weight is 355 g/mol. The minimum atomic E-state index is -0.455. The van der Waals surface area contributed by atoms with Crippen LogP contribution < -0.4 is 0 Å². The van der Waals surface area contributed by atoms with Crippen molar-refractivity contribution >= 4 is 5.97 Å². The smallest absolute Gasteiger partial charge is 0.311 e. The fourth-order valence-electron chi connectivity index (χ4n) is 3.73. The number of ether oxygens (including phenoxy) is 2. The van der Waals surface area contributed by atoms with Gasteiger partial charge in [0.25, 0.3) is 0 Å². The van der Waals surface area contributed by atoms with E-state index in [2.05, 4.69) is 41.5 Å². The molecule has 0 saturated heterocycles. The second kappa shape index (κ2) is 9.94. The Morgan fingerprint density at radius 1 is 1.04 bits per heavy atom. The zero-order valence-corrected chi connectivity index (χ0v) is 17.8. The summed E-state index contributed by atoms with van der Waals surface area (Å²) >= 11 is 0. The van der Waals surface area contributed by atoms with Crippen LogP contribution in [0.5, 0.6) is 0 Å². The first kappa shape index (κ1) is 22.5. The van der Waals surface area contributed by atoms with Crippen molar-refractivity contribution < 1.29 is 14.3 Å². The van der Waals surface area contributed by atoms with Crippen molar-refractivity contribution in [3.05, 3.63) is 0 Å². The molecule has 1 aliphatic rings. The second-order valence-electron chi connectivity index (χ2n) is 10.2. The van der Waals surface area contributed by atoms with Crippen molar-refractivity contribution in [2.24, 2.45) is 22.7 Å². The molecular weight excluding hydrogens is 312 g/mol. The summed E-state index contributed by atoms with van der Waals surface area (Å²) in [6, 6.07) is 0. The minimum absolute atomic E-state index is 0.0983. The molecule has 0 aliphatic heterocycles. The molecule has 1 saturated carbocycles. The van der Waals surface area contributed by atoms with Crippen molar-refractivity contribution in [1.82, 2.24) is 0 Å². The van der Waals surface area contributed by atoms with Crippen LogP contribution >= 0.6 is 0 Å². The fraction of sp³-hybridized carbons (Fsp3) is 0.955. The lowest BCUT2D eigenvalue weighted by atomic mass is 9.72. The maximum atomic E-state index is 12.7. The molecule has 0 amide bonds. The quantitative estimate of drug-likeness (QED) is 0.289. The largest absolute Gasteiger partial charge is 0.436 e. The third-order valence-electron chi connectivity index (χ3n) is 5.26. The van der Waals surface area contributed by atoms with Gasteiger partial charge in [-0.25, -0.2) is 0 Å². The molecule has 0 aromatic carbocycles. The lowest BCUT2D eigenvalue weighted by molar-refractivity contribution is -0.184. The normalized spacial score (nSPS) is 19.5. The molecule has 2 atom stereocenters. The second-order valence-corrected chi connectivity index (χ2v) is 10.2. The van der Waals surface area contributed by atoms with Crippen LogP contribution in [0.25, 0.3) is 0 Å². The van der Waals surface area contributed by atoms with Gasteiger partial charge in [0.05, 0.1) is 12.5 Å². The molecule has 3 nitrogen and oxygen atoms in total. The fourth-order valence-corrected chi connectivity index (χ4v) is 3.73. The molecule has 3 heteroatoms. The summed E-state index contributed by atoms with van der Waals surface area (Å²) in [5.74, 6) is 0.648. The van der Waals surface area contributed by atoms with Crippen LogP contribution in [0.2, 0.25) is 0 Å². The van der Waals surface area contributed by atoms with Crippen molar-refractivity contribution in [3.8, 4) is 0 Å². The molecule has 0 spiro atoms. The third kappa shape index (κ3) is 9.63. The number of carbonyl (C=O) groups is 1. The van der Waals surface area contributed by atoms with E-state index in [9.17, 15) is 4.79 Å². The van der Waals surface area contributed by atoms with Crippen LogP contribution in [0.15, 0.2) is 0 Å². The summed E-state index contributed by atoms with van der Waals surface area (Å²) in [6.07, 6.45) is 9.63. The summed E-state index contributed by atoms with van der Waals surface area (Å²) in [5, 5.41) is 0. The van der Waals surface area contributed by atoms with E-state index in [1.807, 2.05) is 6.92 Å². The zero-order valence-electron chi connectivity index (χ0n) is 17.8. The highest BCUT2D eigenvalue weighted by Gasteiger charge is 2.36. The van der Waals surface area contributed by atoms with Gasteiger partial charge in [0.1, 0.15) is 0 Å². The molecule has 0 N–H and O–H groups in total. The number of hydrogen-bond donors (Lipinski definition) is 0. The van der Waals surface area contributed by atoms with Crippen LogP contribution in [-0.2, 0) is 14.3 Å². The summed E-state index contributed by atoms with van der Waals surface area (Å²) in [7, 11) is 0. The van der Waals surface area contributed by atoms with Gasteiger partial charge in [-0.3, -0.25) is 4.79 Å². The molecule has 1 aliphatic carbocycles. The number of esters is 1. The van der Waals surface area contributed by atoms with Crippen LogP contribution in [0, 0.1) is 22.7 Å². The maximum Gasteiger partial charge on any atom is 0.311 e. The van der Waals surface area contributed by atoms with Gasteiger partial charge in [-0.2, -0.15) is 0 Å². The standard InChI is InChI=1S/C22H42O3/c1-17(24-15-11-14-18-12-9-8-10-13-18)25-20(23)19(22(5,6)7)16-21(2,3)4/h17-19H,8-16H2,1-7H3. The van der Waals surface area contributed by atoms with Gasteiger partial charge in [0, 0.05) is 0 Å². The van der Waals surface area contributed by atoms with Crippen LogP contribution in [0.3, 0.4) is 0 Å². The van der Waals surface area contributed by atoms with E-state index < -0.39 is 6.29 Å². The SMILES string of the molecule is CC(OCCCC1CCCCC1)OC(=O)C(CC(C)(C)C)C(C)(C)C. The zero-order chi connectivity index (χ0) is 19.1. The maximum absolute atomic E-state index is 12.7. The van der Waals surface area contributed by atoms with Gasteiger partial charge in [-0.1, -0.05) is 73.6 Å². The monoisotopic (exact) mass is 354 g/mol. The number of hydrogen-bond acceptors (Lipinski definition) is 3. The lowest BCUT2D eigenvalue weighted by Crippen LogP contribution is -2.35. The highest BCUT2D eigenvalue weighted by molar-refractivity contribution is 5.73. The Bertz CT molecular complexity index is 383. The summed E-state index contributed by atoms with van der Waals surface area (Å²) in [4.78, 5) is 12.7. The van der Waals surface area contributed by atoms with E-state index >= 15 is 0 Å². The van der Waals surface area contributed by atoms with E-state index in [1.165, 1.54) is 38.5 Å². The van der Waals surface area contributed by atoms with Gasteiger partial charge in [0.2, 0.25) is 0 Å². The predicted octanol–water partition coefficient (Wildman–Crippen LogP) is 6.35. The van der Waals surface area contributed by atoms with Gasteiger partial charge in [-0.05, 0) is 42.9 Å². The molecule has 2 unspecified atom stereocenters. The molecule has 0 aromatic rings. The molecule has 1 rings (SSSR count). The lowest BCUT2D eigenvalue weighted by Gasteiger charge is -2.34. The third-order valence-corrected chi connectivity index (χ3v) is 5.26. The van der Waals surface area contributed by atoms with E-state index in [0.29, 0.717) is 6.61 Å². The van der Waals surface area contributed by atoms with Crippen LogP contribution in [0.4, 0.5) is 0 Å². The van der Waals surface area contributed by atoms with Gasteiger partial charge in [0.15, 0.2) is 6.29 Å². The highest BCUT2D eigenvalue weighted by atomic mass is 16.7. The molecule has 0 aromatic heterocycles. The summed E-state index contributed by atoms with van der Waals surface area (Å²) < 4.78 is 11.4. The molecular formula is C22H42O3. The minimum Gasteiger partial charge on any atom is -0.436 e. The highest BCUT2D eigenvalue weighted by Crippen LogP contribution is 2.37. The van der Waals surface area contributed by atoms with Crippen LogP contribution in [0.1, 0.15) is 99.8 Å². The first-order chi connectivity index (χ1) is 11.5. The van der Waals surface area contributed by atoms with E-state index in [4.69, 9.17) is 9.47 Å². The van der Waals surface area contributed by atoms with Crippen molar-refractivity contribution in [2.75, 3.05) is 6.61 Å². The topological polar surface area (TPSA) is 35.5 Å². The van der Waals surface area contributed by atoms with Crippen LogP contribution in [-0.4, -0.2) is 18.9 Å². The number of carbonyl (C=O) groups excluding carboxylic acids is 1. The Kier molecular flexibility index (Phi) is 8.94. The summed E-state index contributed by atoms with van der Waals surface area (Å²) in [5.41, 5.74) is -0.00781. The Morgan fingerprint density at radius 3 is 2.16 bits per heavy atom. The van der Waals surface area contributed by atoms with Crippen molar-refractivity contribution in [3.63, 3.8) is 0 Å². The summed E-state index contributed by atoms with van der Waals surface area (Å²) in [6.45, 7) is 15.4. The molecule has 0 heterocycles.